The van der Waals surface area contributed by atoms with Crippen LogP contribution in [0.1, 0.15) is 32.6 Å². The van der Waals surface area contributed by atoms with E-state index >= 15 is 0 Å². The van der Waals surface area contributed by atoms with Gasteiger partial charge in [-0.15, -0.1) is 0 Å². The van der Waals surface area contributed by atoms with E-state index in [0.29, 0.717) is 43.7 Å². The summed E-state index contributed by atoms with van der Waals surface area (Å²) in [7, 11) is -1.78. The van der Waals surface area contributed by atoms with Crippen LogP contribution >= 0.6 is 0 Å². The first-order valence-corrected chi connectivity index (χ1v) is 11.9. The Labute approximate surface area is 172 Å². The molecule has 1 saturated heterocycles. The van der Waals surface area contributed by atoms with Gasteiger partial charge in [-0.2, -0.15) is 4.31 Å². The fourth-order valence-corrected chi connectivity index (χ4v) is 6.82. The Hall–Kier alpha value is -1.71. The standard InChI is InChI=1S/C20H30N4O4S/c1-14(18-12-15-3-4-16(18)11-15)21-19-6-5-17(13-20(19)24(25)26)29(27,28)23-9-7-22(2)8-10-23/h5-6,13-16,18,21H,3-4,7-12H2,1-2H3. The van der Waals surface area contributed by atoms with Gasteiger partial charge in [0.25, 0.3) is 5.69 Å². The lowest BCUT2D eigenvalue weighted by molar-refractivity contribution is -0.384. The molecule has 4 atom stereocenters. The van der Waals surface area contributed by atoms with E-state index in [1.165, 1.54) is 42.1 Å². The summed E-state index contributed by atoms with van der Waals surface area (Å²) in [6, 6.07) is 4.40. The second kappa shape index (κ2) is 7.85. The van der Waals surface area contributed by atoms with Gasteiger partial charge in [0.2, 0.25) is 10.0 Å². The second-order valence-electron chi connectivity index (χ2n) is 8.92. The lowest BCUT2D eigenvalue weighted by Gasteiger charge is -2.31. The lowest BCUT2D eigenvalue weighted by Crippen LogP contribution is -2.47. The van der Waals surface area contributed by atoms with Crippen LogP contribution in [0.3, 0.4) is 0 Å². The molecular formula is C20H30N4O4S. The van der Waals surface area contributed by atoms with Gasteiger partial charge in [0.1, 0.15) is 5.69 Å². The van der Waals surface area contributed by atoms with Crippen LogP contribution in [0.4, 0.5) is 11.4 Å². The Balaban J connectivity index is 1.54. The van der Waals surface area contributed by atoms with Crippen LogP contribution in [0, 0.1) is 27.9 Å². The minimum Gasteiger partial charge on any atom is -0.377 e. The third kappa shape index (κ3) is 4.00. The van der Waals surface area contributed by atoms with Crippen molar-refractivity contribution < 1.29 is 13.3 Å². The van der Waals surface area contributed by atoms with E-state index < -0.39 is 14.9 Å². The van der Waals surface area contributed by atoms with Crippen LogP contribution in [-0.4, -0.2) is 61.8 Å². The quantitative estimate of drug-likeness (QED) is 0.559. The number of benzene rings is 1. The van der Waals surface area contributed by atoms with Gasteiger partial charge in [0.15, 0.2) is 0 Å². The molecule has 4 rings (SSSR count). The highest BCUT2D eigenvalue weighted by molar-refractivity contribution is 7.89. The van der Waals surface area contributed by atoms with Crippen molar-refractivity contribution in [2.24, 2.45) is 17.8 Å². The Morgan fingerprint density at radius 2 is 1.90 bits per heavy atom. The van der Waals surface area contributed by atoms with E-state index in [0.717, 1.165) is 5.92 Å². The van der Waals surface area contributed by atoms with Crippen LogP contribution in [0.25, 0.3) is 0 Å². The fraction of sp³-hybridized carbons (Fsp3) is 0.700. The first kappa shape index (κ1) is 20.6. The number of piperazine rings is 1. The number of nitro groups is 1. The minimum atomic E-state index is -3.73. The van der Waals surface area contributed by atoms with Crippen molar-refractivity contribution in [2.45, 2.75) is 43.5 Å². The van der Waals surface area contributed by atoms with Crippen molar-refractivity contribution >= 4 is 21.4 Å². The number of hydrogen-bond donors (Lipinski definition) is 1. The summed E-state index contributed by atoms with van der Waals surface area (Å²) in [6.45, 7) is 4.19. The highest BCUT2D eigenvalue weighted by Gasteiger charge is 2.42. The molecule has 1 heterocycles. The average Bonchev–Trinajstić information content (AvgIpc) is 3.32. The highest BCUT2D eigenvalue weighted by atomic mass is 32.2. The molecule has 29 heavy (non-hydrogen) atoms. The molecule has 2 aliphatic carbocycles. The largest absolute Gasteiger partial charge is 0.377 e. The summed E-state index contributed by atoms with van der Waals surface area (Å²) in [4.78, 5) is 13.3. The van der Waals surface area contributed by atoms with Crippen molar-refractivity contribution in [1.82, 2.24) is 9.21 Å². The van der Waals surface area contributed by atoms with Gasteiger partial charge in [-0.05, 0) is 63.1 Å². The Kier molecular flexibility index (Phi) is 5.56. The molecule has 0 aromatic heterocycles. The molecule has 0 radical (unpaired) electrons. The van der Waals surface area contributed by atoms with Crippen molar-refractivity contribution in [3.05, 3.63) is 28.3 Å². The van der Waals surface area contributed by atoms with Crippen LogP contribution in [0.15, 0.2) is 23.1 Å². The third-order valence-corrected chi connectivity index (χ3v) is 8.98. The molecule has 3 fully saturated rings. The molecule has 9 heteroatoms. The van der Waals surface area contributed by atoms with Crippen molar-refractivity contribution in [3.8, 4) is 0 Å². The first-order chi connectivity index (χ1) is 13.8. The van der Waals surface area contributed by atoms with E-state index in [2.05, 4.69) is 17.1 Å². The number of nitrogens with zero attached hydrogens (tertiary/aromatic N) is 3. The number of rotatable bonds is 6. The van der Waals surface area contributed by atoms with Crippen molar-refractivity contribution in [3.63, 3.8) is 0 Å². The minimum absolute atomic E-state index is 0.00752. The van der Waals surface area contributed by atoms with Gasteiger partial charge in [-0.25, -0.2) is 8.42 Å². The summed E-state index contributed by atoms with van der Waals surface area (Å²) in [5.41, 5.74) is 0.234. The molecule has 1 aliphatic heterocycles. The molecule has 2 saturated carbocycles. The maximum atomic E-state index is 13.0. The van der Waals surface area contributed by atoms with Gasteiger partial charge < -0.3 is 10.2 Å². The predicted molar refractivity (Wildman–Crippen MR) is 111 cm³/mol. The average molecular weight is 423 g/mol. The smallest absolute Gasteiger partial charge is 0.293 e. The molecule has 2 bridgehead atoms. The van der Waals surface area contributed by atoms with Crippen LogP contribution in [0.5, 0.6) is 0 Å². The van der Waals surface area contributed by atoms with Crippen molar-refractivity contribution in [1.29, 1.82) is 0 Å². The van der Waals surface area contributed by atoms with E-state index in [4.69, 9.17) is 0 Å². The van der Waals surface area contributed by atoms with Crippen LogP contribution in [0.2, 0.25) is 0 Å². The molecule has 1 aromatic carbocycles. The normalized spacial score (nSPS) is 29.1. The maximum absolute atomic E-state index is 13.0. The topological polar surface area (TPSA) is 95.8 Å². The highest BCUT2D eigenvalue weighted by Crippen LogP contribution is 2.50. The second-order valence-corrected chi connectivity index (χ2v) is 10.9. The number of likely N-dealkylation sites (N-methyl/N-ethyl adjacent to an activating group) is 1. The van der Waals surface area contributed by atoms with Crippen molar-refractivity contribution in [2.75, 3.05) is 38.5 Å². The van der Waals surface area contributed by atoms with Gasteiger partial charge in [-0.3, -0.25) is 10.1 Å². The molecule has 8 nitrogen and oxygen atoms in total. The summed E-state index contributed by atoms with van der Waals surface area (Å²) in [5, 5.41) is 15.0. The number of nitrogens with one attached hydrogen (secondary N) is 1. The molecular weight excluding hydrogens is 392 g/mol. The van der Waals surface area contributed by atoms with Gasteiger partial charge >= 0.3 is 0 Å². The zero-order valence-electron chi connectivity index (χ0n) is 17.1. The first-order valence-electron chi connectivity index (χ1n) is 10.5. The van der Waals surface area contributed by atoms with Crippen LogP contribution < -0.4 is 5.32 Å². The zero-order chi connectivity index (χ0) is 20.8. The fourth-order valence-electron chi connectivity index (χ4n) is 5.38. The molecule has 0 spiro atoms. The molecule has 4 unspecified atom stereocenters. The molecule has 0 amide bonds. The number of nitro benzene ring substituents is 1. The summed E-state index contributed by atoms with van der Waals surface area (Å²) in [6.07, 6.45) is 5.03. The third-order valence-electron chi connectivity index (χ3n) is 7.08. The van der Waals surface area contributed by atoms with E-state index in [1.54, 1.807) is 6.07 Å². The zero-order valence-corrected chi connectivity index (χ0v) is 17.9. The van der Waals surface area contributed by atoms with E-state index in [9.17, 15) is 18.5 Å². The summed E-state index contributed by atoms with van der Waals surface area (Å²) < 4.78 is 27.3. The summed E-state index contributed by atoms with van der Waals surface area (Å²) >= 11 is 0. The Morgan fingerprint density at radius 1 is 1.17 bits per heavy atom. The molecule has 160 valence electrons. The molecule has 3 aliphatic rings. The maximum Gasteiger partial charge on any atom is 0.293 e. The predicted octanol–water partition coefficient (Wildman–Crippen LogP) is 2.77. The van der Waals surface area contributed by atoms with E-state index in [1.807, 2.05) is 7.05 Å². The summed E-state index contributed by atoms with van der Waals surface area (Å²) in [5.74, 6) is 2.04. The number of hydrogen-bond acceptors (Lipinski definition) is 6. The number of sulfonamides is 1. The van der Waals surface area contributed by atoms with E-state index in [-0.39, 0.29) is 16.6 Å². The van der Waals surface area contributed by atoms with Gasteiger partial charge in [0.05, 0.1) is 9.82 Å². The Morgan fingerprint density at radius 3 is 2.48 bits per heavy atom. The van der Waals surface area contributed by atoms with Gasteiger partial charge in [-0.1, -0.05) is 6.42 Å². The number of anilines is 1. The Bertz CT molecular complexity index is 882. The molecule has 1 aromatic rings. The number of fused-ring (bicyclic) bond motifs is 2. The molecule has 1 N–H and O–H groups in total. The SMILES string of the molecule is CC(Nc1ccc(S(=O)(=O)N2CCN(C)CC2)cc1[N+](=O)[O-])C1CC2CCC1C2. The monoisotopic (exact) mass is 422 g/mol. The van der Waals surface area contributed by atoms with Crippen LogP contribution in [-0.2, 0) is 10.0 Å². The lowest BCUT2D eigenvalue weighted by atomic mass is 9.84. The van der Waals surface area contributed by atoms with Gasteiger partial charge in [0, 0.05) is 38.3 Å².